The van der Waals surface area contributed by atoms with Crippen LogP contribution < -0.4 is 16.0 Å². The molecule has 2 heterocycles. The minimum Gasteiger partial charge on any atom is -0.468 e. The summed E-state index contributed by atoms with van der Waals surface area (Å²) in [7, 11) is -3.66. The van der Waals surface area contributed by atoms with Crippen LogP contribution in [0.1, 0.15) is 18.7 Å². The van der Waals surface area contributed by atoms with Crippen LogP contribution in [0.15, 0.2) is 46.0 Å². The van der Waals surface area contributed by atoms with Crippen LogP contribution in [0.4, 0.5) is 5.82 Å². The monoisotopic (exact) mass is 282 g/mol. The lowest BCUT2D eigenvalue weighted by molar-refractivity contribution is 0.459. The molecule has 1 unspecified atom stereocenters. The Bertz CT molecular complexity index is 640. The zero-order chi connectivity index (χ0) is 13.9. The van der Waals surface area contributed by atoms with E-state index in [9.17, 15) is 8.42 Å². The molecule has 0 radical (unpaired) electrons. The van der Waals surface area contributed by atoms with E-state index in [-0.39, 0.29) is 10.7 Å². The van der Waals surface area contributed by atoms with Crippen LogP contribution in [0.25, 0.3) is 0 Å². The Kier molecular flexibility index (Phi) is 3.84. The summed E-state index contributed by atoms with van der Waals surface area (Å²) in [6.07, 6.45) is 2.85. The standard InChI is InChI=1S/C11H14N4O3S/c1-8(10-3-2-6-18-10)15-19(16,17)9-4-5-13-11(7-9)14-12/h2-8,15H,12H2,1H3,(H,13,14). The van der Waals surface area contributed by atoms with Crippen molar-refractivity contribution in [3.05, 3.63) is 42.5 Å². The summed E-state index contributed by atoms with van der Waals surface area (Å²) in [5.41, 5.74) is 2.30. The third kappa shape index (κ3) is 3.11. The summed E-state index contributed by atoms with van der Waals surface area (Å²) in [6.45, 7) is 1.69. The molecule has 4 N–H and O–H groups in total. The number of anilines is 1. The highest BCUT2D eigenvalue weighted by atomic mass is 32.2. The molecule has 102 valence electrons. The summed E-state index contributed by atoms with van der Waals surface area (Å²) < 4.78 is 32.0. The molecule has 0 amide bonds. The van der Waals surface area contributed by atoms with E-state index >= 15 is 0 Å². The zero-order valence-electron chi connectivity index (χ0n) is 10.2. The first-order valence-electron chi connectivity index (χ1n) is 5.51. The first-order valence-corrected chi connectivity index (χ1v) is 6.99. The number of furan rings is 1. The summed E-state index contributed by atoms with van der Waals surface area (Å²) in [6, 6.07) is 5.66. The van der Waals surface area contributed by atoms with Crippen molar-refractivity contribution in [2.24, 2.45) is 5.84 Å². The second kappa shape index (κ2) is 5.39. The lowest BCUT2D eigenvalue weighted by Gasteiger charge is -2.12. The minimum atomic E-state index is -3.66. The van der Waals surface area contributed by atoms with Gasteiger partial charge in [-0.3, -0.25) is 0 Å². The van der Waals surface area contributed by atoms with Crippen LogP contribution in [-0.4, -0.2) is 13.4 Å². The predicted molar refractivity (Wildman–Crippen MR) is 69.5 cm³/mol. The fourth-order valence-electron chi connectivity index (χ4n) is 1.55. The number of pyridine rings is 1. The maximum Gasteiger partial charge on any atom is 0.241 e. The number of hydrogen-bond donors (Lipinski definition) is 3. The van der Waals surface area contributed by atoms with Gasteiger partial charge in [0.25, 0.3) is 0 Å². The number of hydrazine groups is 1. The van der Waals surface area contributed by atoms with Gasteiger partial charge in [0.1, 0.15) is 11.6 Å². The van der Waals surface area contributed by atoms with E-state index in [4.69, 9.17) is 10.3 Å². The molecule has 0 aliphatic carbocycles. The normalized spacial score (nSPS) is 13.2. The van der Waals surface area contributed by atoms with Crippen molar-refractivity contribution in [2.45, 2.75) is 17.9 Å². The third-order valence-corrected chi connectivity index (χ3v) is 4.03. The molecule has 0 aromatic carbocycles. The van der Waals surface area contributed by atoms with E-state index in [1.807, 2.05) is 0 Å². The van der Waals surface area contributed by atoms with E-state index in [1.165, 1.54) is 24.6 Å². The Morgan fingerprint density at radius 2 is 2.21 bits per heavy atom. The molecule has 0 bridgehead atoms. The van der Waals surface area contributed by atoms with Gasteiger partial charge in [-0.1, -0.05) is 0 Å². The number of nitrogens with zero attached hydrogens (tertiary/aromatic N) is 1. The fourth-order valence-corrected chi connectivity index (χ4v) is 2.78. The molecule has 0 fully saturated rings. The number of rotatable bonds is 5. The number of sulfonamides is 1. The molecule has 0 saturated heterocycles. The highest BCUT2D eigenvalue weighted by molar-refractivity contribution is 7.89. The van der Waals surface area contributed by atoms with Crippen molar-refractivity contribution >= 4 is 15.8 Å². The second-order valence-electron chi connectivity index (χ2n) is 3.88. The molecule has 0 spiro atoms. The lowest BCUT2D eigenvalue weighted by Crippen LogP contribution is -2.26. The van der Waals surface area contributed by atoms with Crippen molar-refractivity contribution in [1.82, 2.24) is 9.71 Å². The first-order chi connectivity index (χ1) is 9.03. The smallest absolute Gasteiger partial charge is 0.241 e. The van der Waals surface area contributed by atoms with Crippen LogP contribution >= 0.6 is 0 Å². The number of aromatic nitrogens is 1. The second-order valence-corrected chi connectivity index (χ2v) is 5.59. The largest absolute Gasteiger partial charge is 0.468 e. The van der Waals surface area contributed by atoms with Gasteiger partial charge in [-0.25, -0.2) is 24.0 Å². The Morgan fingerprint density at radius 1 is 1.42 bits per heavy atom. The molecule has 0 aliphatic heterocycles. The van der Waals surface area contributed by atoms with Gasteiger partial charge in [-0.15, -0.1) is 0 Å². The summed E-state index contributed by atoms with van der Waals surface area (Å²) in [5, 5.41) is 0. The molecule has 0 saturated carbocycles. The van der Waals surface area contributed by atoms with E-state index in [1.54, 1.807) is 19.1 Å². The Balaban J connectivity index is 2.22. The van der Waals surface area contributed by atoms with Gasteiger partial charge in [0.15, 0.2) is 0 Å². The molecule has 2 rings (SSSR count). The van der Waals surface area contributed by atoms with E-state index in [0.717, 1.165) is 0 Å². The first kappa shape index (κ1) is 13.5. The predicted octanol–water partition coefficient (Wildman–Crippen LogP) is 1.000. The van der Waals surface area contributed by atoms with Crippen LogP contribution in [-0.2, 0) is 10.0 Å². The molecule has 2 aromatic heterocycles. The number of nitrogens with one attached hydrogen (secondary N) is 2. The van der Waals surface area contributed by atoms with Crippen LogP contribution in [0.3, 0.4) is 0 Å². The van der Waals surface area contributed by atoms with E-state index in [0.29, 0.717) is 5.76 Å². The van der Waals surface area contributed by atoms with Crippen LogP contribution in [0.2, 0.25) is 0 Å². The maximum absolute atomic E-state index is 12.2. The topological polar surface area (TPSA) is 110 Å². The van der Waals surface area contributed by atoms with Gasteiger partial charge in [-0.05, 0) is 25.1 Å². The minimum absolute atomic E-state index is 0.0776. The third-order valence-electron chi connectivity index (χ3n) is 2.49. The molecule has 2 aromatic rings. The number of hydrogen-bond acceptors (Lipinski definition) is 6. The van der Waals surface area contributed by atoms with Crippen LogP contribution in [0.5, 0.6) is 0 Å². The van der Waals surface area contributed by atoms with Crippen molar-refractivity contribution in [3.8, 4) is 0 Å². The van der Waals surface area contributed by atoms with E-state index in [2.05, 4.69) is 15.1 Å². The molecule has 0 aliphatic rings. The summed E-state index contributed by atoms with van der Waals surface area (Å²) >= 11 is 0. The number of nitrogens with two attached hydrogens (primary N) is 1. The maximum atomic E-state index is 12.2. The van der Waals surface area contributed by atoms with Crippen molar-refractivity contribution < 1.29 is 12.8 Å². The molecular formula is C11H14N4O3S. The van der Waals surface area contributed by atoms with Gasteiger partial charge in [-0.2, -0.15) is 0 Å². The Morgan fingerprint density at radius 3 is 2.84 bits per heavy atom. The van der Waals surface area contributed by atoms with Gasteiger partial charge < -0.3 is 9.84 Å². The van der Waals surface area contributed by atoms with E-state index < -0.39 is 16.1 Å². The van der Waals surface area contributed by atoms with Crippen molar-refractivity contribution in [2.75, 3.05) is 5.43 Å². The quantitative estimate of drug-likeness (QED) is 0.557. The fraction of sp³-hybridized carbons (Fsp3) is 0.182. The Hall–Kier alpha value is -1.90. The Labute approximate surface area is 110 Å². The summed E-state index contributed by atoms with van der Waals surface area (Å²) in [4.78, 5) is 3.93. The highest BCUT2D eigenvalue weighted by Crippen LogP contribution is 2.18. The molecule has 19 heavy (non-hydrogen) atoms. The van der Waals surface area contributed by atoms with Gasteiger partial charge in [0.2, 0.25) is 10.0 Å². The zero-order valence-corrected chi connectivity index (χ0v) is 11.0. The molecule has 1 atom stereocenters. The van der Waals surface area contributed by atoms with Crippen molar-refractivity contribution in [3.63, 3.8) is 0 Å². The average Bonchev–Trinajstić information content (AvgIpc) is 2.92. The average molecular weight is 282 g/mol. The molecule has 8 heteroatoms. The summed E-state index contributed by atoms with van der Waals surface area (Å²) in [5.74, 6) is 6.01. The molecular weight excluding hydrogens is 268 g/mol. The van der Waals surface area contributed by atoms with Crippen LogP contribution in [0, 0.1) is 0 Å². The van der Waals surface area contributed by atoms with Crippen molar-refractivity contribution in [1.29, 1.82) is 0 Å². The highest BCUT2D eigenvalue weighted by Gasteiger charge is 2.20. The molecule has 7 nitrogen and oxygen atoms in total. The lowest BCUT2D eigenvalue weighted by atomic mass is 10.3. The van der Waals surface area contributed by atoms with Gasteiger partial charge in [0.05, 0.1) is 17.2 Å². The van der Waals surface area contributed by atoms with Gasteiger partial charge in [0, 0.05) is 12.3 Å². The SMILES string of the molecule is CC(NS(=O)(=O)c1ccnc(NN)c1)c1ccco1. The number of nitrogen functional groups attached to an aromatic ring is 1. The van der Waals surface area contributed by atoms with Gasteiger partial charge >= 0.3 is 0 Å².